The van der Waals surface area contributed by atoms with Crippen molar-refractivity contribution >= 4 is 11.4 Å². The van der Waals surface area contributed by atoms with Crippen LogP contribution in [-0.4, -0.2) is 5.71 Å². The second-order valence-corrected chi connectivity index (χ2v) is 2.97. The van der Waals surface area contributed by atoms with Crippen molar-refractivity contribution in [2.45, 2.75) is 19.8 Å². The van der Waals surface area contributed by atoms with Gasteiger partial charge < -0.3 is 0 Å². The molecule has 0 saturated heterocycles. The summed E-state index contributed by atoms with van der Waals surface area (Å²) in [6, 6.07) is 8.25. The zero-order valence-electron chi connectivity index (χ0n) is 7.17. The summed E-state index contributed by atoms with van der Waals surface area (Å²) in [5.41, 5.74) is 6.61. The minimum Gasteiger partial charge on any atom is -0.0998 e. The lowest BCUT2D eigenvalue weighted by atomic mass is 10.1. The van der Waals surface area contributed by atoms with E-state index in [1.54, 1.807) is 0 Å². The summed E-state index contributed by atoms with van der Waals surface area (Å²) in [6.45, 7) is 2.17. The third kappa shape index (κ3) is 1.09. The van der Waals surface area contributed by atoms with Crippen LogP contribution in [0.25, 0.3) is 0 Å². The van der Waals surface area contributed by atoms with Crippen LogP contribution in [0.3, 0.4) is 0 Å². The average Bonchev–Trinajstić information content (AvgIpc) is 2.50. The number of rotatable bonds is 2. The fourth-order valence-electron chi connectivity index (χ4n) is 1.45. The first-order chi connectivity index (χ1) is 5.92. The molecule has 0 amide bonds. The number of hydrazone groups is 1. The third-order valence-electron chi connectivity index (χ3n) is 2.04. The van der Waals surface area contributed by atoms with Gasteiger partial charge in [-0.05, 0) is 18.6 Å². The van der Waals surface area contributed by atoms with Crippen LogP contribution in [0.4, 0.5) is 5.69 Å². The highest BCUT2D eigenvalue weighted by atomic mass is 15.3. The van der Waals surface area contributed by atoms with E-state index in [0.717, 1.165) is 18.5 Å². The van der Waals surface area contributed by atoms with Crippen LogP contribution in [0.15, 0.2) is 24.3 Å². The SMILES string of the molecule is CCCC1=[N+]Nc2ccccc21. The number of anilines is 1. The maximum atomic E-state index is 4.26. The van der Waals surface area contributed by atoms with Crippen molar-refractivity contribution in [3.63, 3.8) is 0 Å². The molecule has 1 aliphatic heterocycles. The Labute approximate surface area is 72.3 Å². The Morgan fingerprint density at radius 2 is 2.17 bits per heavy atom. The van der Waals surface area contributed by atoms with Crippen LogP contribution in [0.1, 0.15) is 25.3 Å². The van der Waals surface area contributed by atoms with Crippen molar-refractivity contribution in [2.75, 3.05) is 5.43 Å². The Morgan fingerprint density at radius 3 is 3.00 bits per heavy atom. The molecular weight excluding hydrogens is 148 g/mol. The highest BCUT2D eigenvalue weighted by Gasteiger charge is 2.25. The lowest BCUT2D eigenvalue weighted by Gasteiger charge is -1.91. The molecule has 1 aromatic carbocycles. The van der Waals surface area contributed by atoms with Crippen LogP contribution < -0.4 is 10.5 Å². The molecule has 0 aromatic heterocycles. The number of para-hydroxylation sites is 1. The Hall–Kier alpha value is -1.31. The summed E-state index contributed by atoms with van der Waals surface area (Å²) < 4.78 is 0. The molecule has 2 rings (SSSR count). The number of benzene rings is 1. The molecule has 0 spiro atoms. The Balaban J connectivity index is 2.32. The predicted octanol–water partition coefficient (Wildman–Crippen LogP) is 1.95. The maximum Gasteiger partial charge on any atom is 0.296 e. The summed E-state index contributed by atoms with van der Waals surface area (Å²) >= 11 is 0. The smallest absolute Gasteiger partial charge is 0.0998 e. The lowest BCUT2D eigenvalue weighted by Crippen LogP contribution is -2.03. The zero-order valence-corrected chi connectivity index (χ0v) is 7.17. The first kappa shape index (κ1) is 7.35. The number of hydrogen-bond donors (Lipinski definition) is 1. The van der Waals surface area contributed by atoms with Crippen LogP contribution in [-0.2, 0) is 0 Å². The molecule has 0 bridgehead atoms. The minimum absolute atomic E-state index is 1.06. The summed E-state index contributed by atoms with van der Waals surface area (Å²) in [5.74, 6) is 0. The average molecular weight is 160 g/mol. The molecule has 0 atom stereocenters. The number of nitrogens with zero attached hydrogens (tertiary/aromatic N) is 1. The third-order valence-corrected chi connectivity index (χ3v) is 2.04. The number of nitrogens with one attached hydrogen (secondary N) is 1. The number of hydrogen-bond acceptors (Lipinski definition) is 2. The van der Waals surface area contributed by atoms with E-state index in [9.17, 15) is 0 Å². The van der Waals surface area contributed by atoms with E-state index in [2.05, 4.69) is 35.7 Å². The summed E-state index contributed by atoms with van der Waals surface area (Å²) in [6.07, 6.45) is 2.21. The van der Waals surface area contributed by atoms with Gasteiger partial charge in [0, 0.05) is 6.42 Å². The molecule has 0 unspecified atom stereocenters. The standard InChI is InChI=1S/C10H12N2/c1-2-5-9-8-6-3-4-7-10(8)12-11-9/h3-4,6-7,12H,2,5H2,1H3/q+1. The van der Waals surface area contributed by atoms with E-state index < -0.39 is 0 Å². The van der Waals surface area contributed by atoms with Crippen LogP contribution in [0.2, 0.25) is 0 Å². The quantitative estimate of drug-likeness (QED) is 0.703. The van der Waals surface area contributed by atoms with Gasteiger partial charge >= 0.3 is 0 Å². The van der Waals surface area contributed by atoms with Crippen molar-refractivity contribution in [3.8, 4) is 0 Å². The Morgan fingerprint density at radius 1 is 1.33 bits per heavy atom. The normalized spacial score (nSPS) is 13.6. The van der Waals surface area contributed by atoms with E-state index in [1.165, 1.54) is 11.3 Å². The lowest BCUT2D eigenvalue weighted by molar-refractivity contribution is 0.984. The largest absolute Gasteiger partial charge is 0.296 e. The minimum atomic E-state index is 1.06. The summed E-state index contributed by atoms with van der Waals surface area (Å²) in [5, 5.41) is 4.26. The molecule has 1 heterocycles. The van der Waals surface area contributed by atoms with E-state index in [0.29, 0.717) is 0 Å². The molecular formula is C10H12N2+. The fraction of sp³-hybridized carbons (Fsp3) is 0.300. The Bertz CT molecular complexity index is 315. The topological polar surface area (TPSA) is 26.1 Å². The van der Waals surface area contributed by atoms with E-state index in [1.807, 2.05) is 6.07 Å². The first-order valence-electron chi connectivity index (χ1n) is 4.34. The molecule has 0 saturated carbocycles. The van der Waals surface area contributed by atoms with Gasteiger partial charge in [0.15, 0.2) is 5.10 Å². The van der Waals surface area contributed by atoms with E-state index >= 15 is 0 Å². The summed E-state index contributed by atoms with van der Waals surface area (Å²) in [7, 11) is 0. The monoisotopic (exact) mass is 160 g/mol. The van der Waals surface area contributed by atoms with Crippen LogP contribution >= 0.6 is 0 Å². The van der Waals surface area contributed by atoms with Crippen molar-refractivity contribution in [2.24, 2.45) is 0 Å². The van der Waals surface area contributed by atoms with Gasteiger partial charge in [-0.25, -0.2) is 0 Å². The highest BCUT2D eigenvalue weighted by Crippen LogP contribution is 2.19. The van der Waals surface area contributed by atoms with Crippen molar-refractivity contribution < 1.29 is 0 Å². The molecule has 61 valence electrons. The van der Waals surface area contributed by atoms with Gasteiger partial charge in [-0.2, -0.15) is 0 Å². The van der Waals surface area contributed by atoms with Gasteiger partial charge in [-0.3, -0.25) is 0 Å². The van der Waals surface area contributed by atoms with E-state index in [-0.39, 0.29) is 0 Å². The van der Waals surface area contributed by atoms with Crippen LogP contribution in [0, 0.1) is 0 Å². The molecule has 1 N–H and O–H groups in total. The molecule has 1 radical (unpaired) electrons. The zero-order chi connectivity index (χ0) is 8.39. The Kier molecular flexibility index (Phi) is 1.82. The molecule has 1 aromatic rings. The van der Waals surface area contributed by atoms with Gasteiger partial charge in [-0.1, -0.05) is 24.5 Å². The molecule has 2 heteroatoms. The first-order valence-corrected chi connectivity index (χ1v) is 4.34. The summed E-state index contributed by atoms with van der Waals surface area (Å²) in [4.78, 5) is 0. The van der Waals surface area contributed by atoms with Crippen molar-refractivity contribution in [1.29, 1.82) is 0 Å². The second kappa shape index (κ2) is 2.97. The highest BCUT2D eigenvalue weighted by molar-refractivity contribution is 6.07. The molecule has 0 fully saturated rings. The molecule has 0 aliphatic carbocycles. The van der Waals surface area contributed by atoms with Crippen molar-refractivity contribution in [1.82, 2.24) is 5.10 Å². The second-order valence-electron chi connectivity index (χ2n) is 2.97. The van der Waals surface area contributed by atoms with Crippen LogP contribution in [0.5, 0.6) is 0 Å². The van der Waals surface area contributed by atoms with Gasteiger partial charge in [-0.15, -0.1) is 0 Å². The molecule has 2 nitrogen and oxygen atoms in total. The maximum absolute atomic E-state index is 4.26. The van der Waals surface area contributed by atoms with Gasteiger partial charge in [0.25, 0.3) is 5.71 Å². The fourth-order valence-corrected chi connectivity index (χ4v) is 1.45. The van der Waals surface area contributed by atoms with Gasteiger partial charge in [0.2, 0.25) is 0 Å². The number of fused-ring (bicyclic) bond motifs is 1. The molecule has 12 heavy (non-hydrogen) atoms. The molecule has 1 aliphatic rings. The predicted molar refractivity (Wildman–Crippen MR) is 51.2 cm³/mol. The van der Waals surface area contributed by atoms with E-state index in [4.69, 9.17) is 0 Å². The van der Waals surface area contributed by atoms with Gasteiger partial charge in [0.1, 0.15) is 5.69 Å². The van der Waals surface area contributed by atoms with Gasteiger partial charge in [0.05, 0.1) is 5.56 Å². The van der Waals surface area contributed by atoms with Crippen molar-refractivity contribution in [3.05, 3.63) is 29.8 Å².